The summed E-state index contributed by atoms with van der Waals surface area (Å²) in [5, 5.41) is 7.10. The lowest BCUT2D eigenvalue weighted by atomic mass is 10.2. The molecule has 0 bridgehead atoms. The van der Waals surface area contributed by atoms with Gasteiger partial charge in [-0.05, 0) is 19.4 Å². The Hall–Kier alpha value is -1.72. The van der Waals surface area contributed by atoms with Crippen molar-refractivity contribution in [1.29, 1.82) is 0 Å². The van der Waals surface area contributed by atoms with Gasteiger partial charge in [-0.2, -0.15) is 0 Å². The summed E-state index contributed by atoms with van der Waals surface area (Å²) in [5.74, 6) is 0.00717. The highest BCUT2D eigenvalue weighted by atomic mass is 32.1. The minimum atomic E-state index is 0.00717. The number of hydrogen-bond acceptors (Lipinski definition) is 4. The molecule has 0 radical (unpaired) electrons. The summed E-state index contributed by atoms with van der Waals surface area (Å²) in [6.45, 7) is 5.57. The van der Waals surface area contributed by atoms with Crippen LogP contribution in [0.3, 0.4) is 0 Å². The predicted molar refractivity (Wildman–Crippen MR) is 81.6 cm³/mol. The van der Waals surface area contributed by atoms with Crippen molar-refractivity contribution >= 4 is 17.2 Å². The van der Waals surface area contributed by atoms with Crippen LogP contribution < -0.4 is 10.6 Å². The van der Waals surface area contributed by atoms with Crippen LogP contribution in [0.5, 0.6) is 0 Å². The lowest BCUT2D eigenvalue weighted by Crippen LogP contribution is -2.33. The van der Waals surface area contributed by atoms with Gasteiger partial charge in [0.05, 0.1) is 17.2 Å². The predicted octanol–water partition coefficient (Wildman–Crippen LogP) is 2.17. The maximum absolute atomic E-state index is 11.7. The second kappa shape index (κ2) is 7.17. The summed E-state index contributed by atoms with van der Waals surface area (Å²) in [6.07, 6.45) is 0. The third-order valence-corrected chi connectivity index (χ3v) is 3.98. The van der Waals surface area contributed by atoms with Crippen molar-refractivity contribution in [3.8, 4) is 0 Å². The Bertz CT molecular complexity index is 566. The summed E-state index contributed by atoms with van der Waals surface area (Å²) >= 11 is 1.67. The average Bonchev–Trinajstić information content (AvgIpc) is 2.76. The molecule has 0 spiro atoms. The van der Waals surface area contributed by atoms with Gasteiger partial charge >= 0.3 is 0 Å². The van der Waals surface area contributed by atoms with Crippen LogP contribution >= 0.6 is 11.3 Å². The van der Waals surface area contributed by atoms with Crippen molar-refractivity contribution in [2.24, 2.45) is 0 Å². The Morgan fingerprint density at radius 1 is 1.20 bits per heavy atom. The number of hydrogen-bond donors (Lipinski definition) is 2. The molecule has 0 saturated carbocycles. The molecule has 5 heteroatoms. The van der Waals surface area contributed by atoms with Crippen molar-refractivity contribution < 1.29 is 4.79 Å². The molecule has 1 aromatic carbocycles. The number of aromatic nitrogens is 1. The van der Waals surface area contributed by atoms with Crippen LogP contribution in [-0.2, 0) is 17.9 Å². The quantitative estimate of drug-likeness (QED) is 0.857. The molecule has 4 nitrogen and oxygen atoms in total. The first-order chi connectivity index (χ1) is 9.65. The van der Waals surface area contributed by atoms with Gasteiger partial charge in [0.15, 0.2) is 0 Å². The van der Waals surface area contributed by atoms with E-state index in [4.69, 9.17) is 0 Å². The Kier molecular flexibility index (Phi) is 5.26. The van der Waals surface area contributed by atoms with E-state index in [1.165, 1.54) is 4.88 Å². The number of carbonyl (C=O) groups excluding carboxylic acids is 1. The molecule has 2 N–H and O–H groups in total. The fourth-order valence-corrected chi connectivity index (χ4v) is 2.79. The second-order valence-corrected chi connectivity index (χ2v) is 5.90. The maximum atomic E-state index is 11.7. The van der Waals surface area contributed by atoms with Crippen molar-refractivity contribution in [1.82, 2.24) is 15.6 Å². The van der Waals surface area contributed by atoms with Gasteiger partial charge in [-0.3, -0.25) is 4.79 Å². The molecule has 0 fully saturated rings. The van der Waals surface area contributed by atoms with E-state index in [1.54, 1.807) is 11.3 Å². The van der Waals surface area contributed by atoms with E-state index in [2.05, 4.69) is 15.6 Å². The number of nitrogens with one attached hydrogen (secondary N) is 2. The van der Waals surface area contributed by atoms with Gasteiger partial charge in [0.2, 0.25) is 5.91 Å². The van der Waals surface area contributed by atoms with Gasteiger partial charge in [-0.15, -0.1) is 11.3 Å². The molecular weight excluding hydrogens is 270 g/mol. The third kappa shape index (κ3) is 4.43. The summed E-state index contributed by atoms with van der Waals surface area (Å²) in [6, 6.07) is 9.89. The van der Waals surface area contributed by atoms with Crippen molar-refractivity contribution in [2.45, 2.75) is 26.9 Å². The topological polar surface area (TPSA) is 54.0 Å². The molecule has 1 aromatic heterocycles. The minimum absolute atomic E-state index is 0.00717. The number of benzene rings is 1. The van der Waals surface area contributed by atoms with Crippen LogP contribution in [0.1, 0.15) is 21.1 Å². The lowest BCUT2D eigenvalue weighted by Gasteiger charge is -2.06. The zero-order chi connectivity index (χ0) is 14.4. The van der Waals surface area contributed by atoms with E-state index >= 15 is 0 Å². The van der Waals surface area contributed by atoms with Crippen molar-refractivity contribution in [3.63, 3.8) is 0 Å². The molecular formula is C15H19N3OS. The van der Waals surface area contributed by atoms with E-state index in [-0.39, 0.29) is 5.91 Å². The van der Waals surface area contributed by atoms with Crippen LogP contribution in [0.4, 0.5) is 0 Å². The molecule has 106 valence electrons. The van der Waals surface area contributed by atoms with Gasteiger partial charge in [-0.25, -0.2) is 4.98 Å². The summed E-state index contributed by atoms with van der Waals surface area (Å²) in [7, 11) is 0. The molecule has 0 aliphatic heterocycles. The van der Waals surface area contributed by atoms with Crippen LogP contribution in [0.25, 0.3) is 0 Å². The monoisotopic (exact) mass is 289 g/mol. The summed E-state index contributed by atoms with van der Waals surface area (Å²) in [5.41, 5.74) is 2.15. The largest absolute Gasteiger partial charge is 0.351 e. The fourth-order valence-electron chi connectivity index (χ4n) is 1.89. The highest BCUT2D eigenvalue weighted by Crippen LogP contribution is 2.16. The van der Waals surface area contributed by atoms with E-state index in [1.807, 2.05) is 44.2 Å². The van der Waals surface area contributed by atoms with Gasteiger partial charge in [0, 0.05) is 18.0 Å². The van der Waals surface area contributed by atoms with Gasteiger partial charge in [0.25, 0.3) is 0 Å². The molecule has 0 atom stereocenters. The third-order valence-electron chi connectivity index (χ3n) is 2.90. The number of nitrogens with zero attached hydrogens (tertiary/aromatic N) is 1. The Balaban J connectivity index is 1.69. The minimum Gasteiger partial charge on any atom is -0.351 e. The number of carbonyl (C=O) groups is 1. The molecule has 20 heavy (non-hydrogen) atoms. The molecule has 0 aliphatic carbocycles. The van der Waals surface area contributed by atoms with E-state index < -0.39 is 0 Å². The van der Waals surface area contributed by atoms with Crippen LogP contribution in [0, 0.1) is 13.8 Å². The fraction of sp³-hybridized carbons (Fsp3) is 0.333. The summed E-state index contributed by atoms with van der Waals surface area (Å²) in [4.78, 5) is 17.3. The lowest BCUT2D eigenvalue weighted by molar-refractivity contribution is -0.120. The molecule has 2 aromatic rings. The first kappa shape index (κ1) is 14.7. The zero-order valence-electron chi connectivity index (χ0n) is 11.8. The zero-order valence-corrected chi connectivity index (χ0v) is 12.6. The highest BCUT2D eigenvalue weighted by molar-refractivity contribution is 7.11. The van der Waals surface area contributed by atoms with Crippen molar-refractivity contribution in [2.75, 3.05) is 6.54 Å². The number of rotatable bonds is 6. The summed E-state index contributed by atoms with van der Waals surface area (Å²) < 4.78 is 0. The SMILES string of the molecule is Cc1nc(C)c(CNCC(=O)NCc2ccccc2)s1. The normalized spacial score (nSPS) is 10.5. The number of amides is 1. The Morgan fingerprint density at radius 2 is 1.95 bits per heavy atom. The number of thiazole rings is 1. The van der Waals surface area contributed by atoms with E-state index in [9.17, 15) is 4.79 Å². The molecule has 1 heterocycles. The Morgan fingerprint density at radius 3 is 2.60 bits per heavy atom. The van der Waals surface area contributed by atoms with Crippen LogP contribution in [0.2, 0.25) is 0 Å². The van der Waals surface area contributed by atoms with Crippen molar-refractivity contribution in [3.05, 3.63) is 51.5 Å². The molecule has 2 rings (SSSR count). The number of aryl methyl sites for hydroxylation is 2. The average molecular weight is 289 g/mol. The first-order valence-corrected chi connectivity index (χ1v) is 7.41. The standard InChI is InChI=1S/C15H19N3OS/c1-11-14(20-12(2)18-11)9-16-10-15(19)17-8-13-6-4-3-5-7-13/h3-7,16H,8-10H2,1-2H3,(H,17,19). The van der Waals surface area contributed by atoms with Gasteiger partial charge in [-0.1, -0.05) is 30.3 Å². The van der Waals surface area contributed by atoms with E-state index in [0.29, 0.717) is 19.6 Å². The molecule has 0 saturated heterocycles. The highest BCUT2D eigenvalue weighted by Gasteiger charge is 2.05. The Labute approximate surface area is 123 Å². The molecule has 0 unspecified atom stereocenters. The smallest absolute Gasteiger partial charge is 0.234 e. The molecule has 0 aliphatic rings. The van der Waals surface area contributed by atoms with E-state index in [0.717, 1.165) is 16.3 Å². The van der Waals surface area contributed by atoms with Gasteiger partial charge in [0.1, 0.15) is 0 Å². The van der Waals surface area contributed by atoms with Crippen LogP contribution in [-0.4, -0.2) is 17.4 Å². The first-order valence-electron chi connectivity index (χ1n) is 6.59. The van der Waals surface area contributed by atoms with Crippen LogP contribution in [0.15, 0.2) is 30.3 Å². The molecule has 1 amide bonds. The maximum Gasteiger partial charge on any atom is 0.234 e. The van der Waals surface area contributed by atoms with Gasteiger partial charge < -0.3 is 10.6 Å². The second-order valence-electron chi connectivity index (χ2n) is 4.61.